The van der Waals surface area contributed by atoms with Crippen LogP contribution in [-0.4, -0.2) is 29.3 Å². The normalized spacial score (nSPS) is 30.5. The second-order valence-electron chi connectivity index (χ2n) is 6.38. The molecule has 2 fully saturated rings. The van der Waals surface area contributed by atoms with Crippen molar-refractivity contribution >= 4 is 17.8 Å². The fourth-order valence-corrected chi connectivity index (χ4v) is 3.46. The third kappa shape index (κ3) is 3.63. The van der Waals surface area contributed by atoms with Gasteiger partial charge in [-0.1, -0.05) is 39.5 Å². The Morgan fingerprint density at radius 2 is 1.67 bits per heavy atom. The van der Waals surface area contributed by atoms with Gasteiger partial charge in [0.15, 0.2) is 0 Å². The molecular weight excluding hydrogens is 268 g/mol. The van der Waals surface area contributed by atoms with Crippen LogP contribution in [0.5, 0.6) is 0 Å². The maximum atomic E-state index is 12.4. The van der Waals surface area contributed by atoms with Crippen molar-refractivity contribution in [3.8, 4) is 0 Å². The van der Waals surface area contributed by atoms with Crippen LogP contribution in [0.2, 0.25) is 0 Å². The predicted molar refractivity (Wildman–Crippen MR) is 79.4 cm³/mol. The lowest BCUT2D eigenvalue weighted by Gasteiger charge is -2.35. The van der Waals surface area contributed by atoms with Gasteiger partial charge in [-0.3, -0.25) is 19.8 Å². The van der Waals surface area contributed by atoms with E-state index >= 15 is 0 Å². The van der Waals surface area contributed by atoms with Gasteiger partial charge < -0.3 is 0 Å². The molecule has 0 aromatic heterocycles. The van der Waals surface area contributed by atoms with Crippen LogP contribution in [0, 0.1) is 17.8 Å². The number of carbonyl (C=O) groups excluding carboxylic acids is 3. The van der Waals surface area contributed by atoms with Crippen molar-refractivity contribution in [3.63, 3.8) is 0 Å². The lowest BCUT2D eigenvalue weighted by atomic mass is 9.80. The van der Waals surface area contributed by atoms with Crippen molar-refractivity contribution in [1.29, 1.82) is 0 Å². The molecule has 0 bridgehead atoms. The smallest absolute Gasteiger partial charge is 0.277 e. The molecule has 2 aliphatic rings. The third-order valence-electron chi connectivity index (χ3n) is 4.92. The largest absolute Gasteiger partial charge is 0.330 e. The predicted octanol–water partition coefficient (Wildman–Crippen LogP) is 2.70. The zero-order valence-electron chi connectivity index (χ0n) is 13.1. The van der Waals surface area contributed by atoms with E-state index in [1.807, 2.05) is 6.92 Å². The Morgan fingerprint density at radius 3 is 2.24 bits per heavy atom. The molecule has 5 nitrogen and oxygen atoms in total. The van der Waals surface area contributed by atoms with Crippen LogP contribution >= 0.6 is 0 Å². The second kappa shape index (κ2) is 7.05. The molecule has 5 heteroatoms. The van der Waals surface area contributed by atoms with Gasteiger partial charge in [0.05, 0.1) is 0 Å². The zero-order valence-corrected chi connectivity index (χ0v) is 13.1. The first-order valence-electron chi connectivity index (χ1n) is 8.23. The number of hydrogen-bond acceptors (Lipinski definition) is 3. The molecular formula is C16H26N2O3. The topological polar surface area (TPSA) is 66.5 Å². The number of imide groups is 2. The molecule has 1 N–H and O–H groups in total. The molecule has 1 aliphatic heterocycles. The second-order valence-corrected chi connectivity index (χ2v) is 6.38. The van der Waals surface area contributed by atoms with Gasteiger partial charge in [0.25, 0.3) is 0 Å². The molecule has 1 unspecified atom stereocenters. The summed E-state index contributed by atoms with van der Waals surface area (Å²) in [7, 11) is 0. The SMILES string of the molecule is CCCC1C(=O)NC(=O)N(CC2CCC(CC)CC2)C1=O. The highest BCUT2D eigenvalue weighted by Gasteiger charge is 2.40. The number of nitrogens with one attached hydrogen (secondary N) is 1. The van der Waals surface area contributed by atoms with Gasteiger partial charge in [-0.15, -0.1) is 0 Å². The molecule has 1 saturated heterocycles. The molecule has 2 rings (SSSR count). The Kier molecular flexibility index (Phi) is 5.37. The summed E-state index contributed by atoms with van der Waals surface area (Å²) in [6.07, 6.45) is 6.99. The van der Waals surface area contributed by atoms with Crippen LogP contribution in [0.25, 0.3) is 0 Å². The van der Waals surface area contributed by atoms with Crippen LogP contribution in [0.3, 0.4) is 0 Å². The molecule has 0 aromatic rings. The average Bonchev–Trinajstić information content (AvgIpc) is 2.48. The zero-order chi connectivity index (χ0) is 15.4. The van der Waals surface area contributed by atoms with Gasteiger partial charge >= 0.3 is 6.03 Å². The number of barbiturate groups is 1. The van der Waals surface area contributed by atoms with Crippen LogP contribution in [0.4, 0.5) is 4.79 Å². The average molecular weight is 294 g/mol. The Labute approximate surface area is 126 Å². The van der Waals surface area contributed by atoms with Crippen LogP contribution in [0.1, 0.15) is 58.8 Å². The van der Waals surface area contributed by atoms with Gasteiger partial charge in [0, 0.05) is 6.54 Å². The molecule has 1 saturated carbocycles. The summed E-state index contributed by atoms with van der Waals surface area (Å²) in [6, 6.07) is -0.532. The number of nitrogens with zero attached hydrogens (tertiary/aromatic N) is 1. The number of urea groups is 1. The summed E-state index contributed by atoms with van der Waals surface area (Å²) in [4.78, 5) is 37.3. The number of amides is 4. The minimum absolute atomic E-state index is 0.303. The van der Waals surface area contributed by atoms with Crippen molar-refractivity contribution in [2.45, 2.75) is 58.8 Å². The van der Waals surface area contributed by atoms with E-state index in [-0.39, 0.29) is 5.91 Å². The minimum atomic E-state index is -0.681. The maximum Gasteiger partial charge on any atom is 0.330 e. The van der Waals surface area contributed by atoms with Gasteiger partial charge in [-0.25, -0.2) is 4.79 Å². The van der Waals surface area contributed by atoms with Gasteiger partial charge in [-0.2, -0.15) is 0 Å². The van der Waals surface area contributed by atoms with E-state index in [1.54, 1.807) is 0 Å². The molecule has 0 radical (unpaired) electrons. The lowest BCUT2D eigenvalue weighted by molar-refractivity contribution is -0.143. The summed E-state index contributed by atoms with van der Waals surface area (Å²) in [5.74, 6) is -0.236. The van der Waals surface area contributed by atoms with Crippen molar-refractivity contribution in [3.05, 3.63) is 0 Å². The van der Waals surface area contributed by atoms with E-state index < -0.39 is 17.9 Å². The first-order valence-corrected chi connectivity index (χ1v) is 8.23. The summed E-state index contributed by atoms with van der Waals surface area (Å²) in [6.45, 7) is 4.62. The maximum absolute atomic E-state index is 12.4. The highest BCUT2D eigenvalue weighted by molar-refractivity contribution is 6.16. The monoisotopic (exact) mass is 294 g/mol. The first kappa shape index (κ1) is 16.0. The highest BCUT2D eigenvalue weighted by Crippen LogP contribution is 2.31. The summed E-state index contributed by atoms with van der Waals surface area (Å²) < 4.78 is 0. The fourth-order valence-electron chi connectivity index (χ4n) is 3.46. The van der Waals surface area contributed by atoms with Gasteiger partial charge in [0.1, 0.15) is 5.92 Å². The molecule has 0 aromatic carbocycles. The van der Waals surface area contributed by atoms with Crippen LogP contribution < -0.4 is 5.32 Å². The number of rotatable bonds is 5. The van der Waals surface area contributed by atoms with E-state index in [0.717, 1.165) is 25.2 Å². The molecule has 21 heavy (non-hydrogen) atoms. The van der Waals surface area contributed by atoms with Crippen molar-refractivity contribution in [2.24, 2.45) is 17.8 Å². The lowest BCUT2D eigenvalue weighted by Crippen LogP contribution is -2.58. The third-order valence-corrected chi connectivity index (χ3v) is 4.92. The van der Waals surface area contributed by atoms with Crippen LogP contribution in [0.15, 0.2) is 0 Å². The summed E-state index contributed by atoms with van der Waals surface area (Å²) in [5, 5.41) is 2.33. The molecule has 118 valence electrons. The minimum Gasteiger partial charge on any atom is -0.277 e. The molecule has 1 atom stereocenters. The molecule has 0 spiro atoms. The molecule has 4 amide bonds. The number of carbonyl (C=O) groups is 3. The van der Waals surface area contributed by atoms with Crippen molar-refractivity contribution in [1.82, 2.24) is 10.2 Å². The highest BCUT2D eigenvalue weighted by atomic mass is 16.2. The van der Waals surface area contributed by atoms with Gasteiger partial charge in [-0.05, 0) is 31.1 Å². The van der Waals surface area contributed by atoms with E-state index in [9.17, 15) is 14.4 Å². The Bertz CT molecular complexity index is 414. The van der Waals surface area contributed by atoms with Crippen molar-refractivity contribution in [2.75, 3.05) is 6.54 Å². The van der Waals surface area contributed by atoms with E-state index in [1.165, 1.54) is 24.2 Å². The van der Waals surface area contributed by atoms with E-state index in [4.69, 9.17) is 0 Å². The summed E-state index contributed by atoms with van der Waals surface area (Å²) in [5.41, 5.74) is 0. The first-order chi connectivity index (χ1) is 10.1. The fraction of sp³-hybridized carbons (Fsp3) is 0.812. The quantitative estimate of drug-likeness (QED) is 0.793. The van der Waals surface area contributed by atoms with E-state index in [2.05, 4.69) is 12.2 Å². The Hall–Kier alpha value is -1.39. The molecule has 1 aliphatic carbocycles. The Balaban J connectivity index is 1.96. The summed E-state index contributed by atoms with van der Waals surface area (Å²) >= 11 is 0. The van der Waals surface area contributed by atoms with Crippen molar-refractivity contribution < 1.29 is 14.4 Å². The Morgan fingerprint density at radius 1 is 1.05 bits per heavy atom. The van der Waals surface area contributed by atoms with Gasteiger partial charge in [0.2, 0.25) is 11.8 Å². The van der Waals surface area contributed by atoms with Crippen LogP contribution in [-0.2, 0) is 9.59 Å². The van der Waals surface area contributed by atoms with E-state index in [0.29, 0.717) is 18.9 Å². The molecule has 1 heterocycles. The number of hydrogen-bond donors (Lipinski definition) is 1. The standard InChI is InChI=1S/C16H26N2O3/c1-3-5-13-14(19)17-16(21)18(15(13)20)10-12-8-6-11(4-2)7-9-12/h11-13H,3-10H2,1-2H3,(H,17,19,21).